The first-order chi connectivity index (χ1) is 8.18. The van der Waals surface area contributed by atoms with E-state index in [1.165, 1.54) is 6.33 Å². The third kappa shape index (κ3) is 2.50. The molecule has 0 bridgehead atoms. The average molecular weight is 231 g/mol. The van der Waals surface area contributed by atoms with Crippen LogP contribution in [0.25, 0.3) is 10.9 Å². The van der Waals surface area contributed by atoms with Crippen LogP contribution in [0.3, 0.4) is 0 Å². The maximum atomic E-state index is 10.7. The topological polar surface area (TPSA) is 75.1 Å². The number of aliphatic carboxylic acids is 1. The highest BCUT2D eigenvalue weighted by Gasteiger charge is 2.11. The third-order valence-corrected chi connectivity index (χ3v) is 2.54. The molecule has 0 aliphatic heterocycles. The second-order valence-electron chi connectivity index (χ2n) is 3.86. The van der Waals surface area contributed by atoms with Crippen molar-refractivity contribution in [2.75, 3.05) is 11.9 Å². The fourth-order valence-corrected chi connectivity index (χ4v) is 1.48. The molecule has 2 N–H and O–H groups in total. The molecule has 5 nitrogen and oxygen atoms in total. The van der Waals surface area contributed by atoms with E-state index in [9.17, 15) is 4.79 Å². The number of aromatic nitrogens is 2. The standard InChI is InChI=1S/C12H13N3O2/c1-8(12(16)17)6-13-11-9-4-2-3-5-10(9)14-7-15-11/h2-5,7-8H,6H2,1H3,(H,16,17)(H,13,14,15). The molecule has 0 radical (unpaired) electrons. The van der Waals surface area contributed by atoms with E-state index in [4.69, 9.17) is 5.11 Å². The molecule has 0 saturated heterocycles. The van der Waals surface area contributed by atoms with Gasteiger partial charge < -0.3 is 10.4 Å². The van der Waals surface area contributed by atoms with Crippen LogP contribution < -0.4 is 5.32 Å². The van der Waals surface area contributed by atoms with Crippen molar-refractivity contribution in [2.45, 2.75) is 6.92 Å². The Morgan fingerprint density at radius 3 is 2.94 bits per heavy atom. The zero-order valence-corrected chi connectivity index (χ0v) is 9.42. The number of hydrogen-bond acceptors (Lipinski definition) is 4. The molecule has 0 saturated carbocycles. The number of carbonyl (C=O) groups is 1. The number of nitrogens with one attached hydrogen (secondary N) is 1. The fraction of sp³-hybridized carbons (Fsp3) is 0.250. The predicted molar refractivity (Wildman–Crippen MR) is 64.8 cm³/mol. The maximum Gasteiger partial charge on any atom is 0.308 e. The molecule has 5 heteroatoms. The van der Waals surface area contributed by atoms with Crippen LogP contribution in [-0.4, -0.2) is 27.6 Å². The van der Waals surface area contributed by atoms with Gasteiger partial charge in [-0.05, 0) is 12.1 Å². The van der Waals surface area contributed by atoms with Crippen molar-refractivity contribution in [3.05, 3.63) is 30.6 Å². The van der Waals surface area contributed by atoms with Crippen molar-refractivity contribution in [3.63, 3.8) is 0 Å². The number of hydrogen-bond donors (Lipinski definition) is 2. The first kappa shape index (κ1) is 11.3. The van der Waals surface area contributed by atoms with E-state index in [-0.39, 0.29) is 0 Å². The van der Waals surface area contributed by atoms with Gasteiger partial charge in [-0.3, -0.25) is 4.79 Å². The zero-order chi connectivity index (χ0) is 12.3. The molecule has 2 rings (SSSR count). The molecule has 1 aromatic carbocycles. The number of para-hydroxylation sites is 1. The second-order valence-corrected chi connectivity index (χ2v) is 3.86. The normalized spacial score (nSPS) is 12.3. The minimum absolute atomic E-state index is 0.344. The number of benzene rings is 1. The Hall–Kier alpha value is -2.17. The van der Waals surface area contributed by atoms with Crippen molar-refractivity contribution < 1.29 is 9.90 Å². The van der Waals surface area contributed by atoms with E-state index in [0.29, 0.717) is 12.4 Å². The van der Waals surface area contributed by atoms with Gasteiger partial charge in [-0.1, -0.05) is 19.1 Å². The summed E-state index contributed by atoms with van der Waals surface area (Å²) in [7, 11) is 0. The minimum atomic E-state index is -0.823. The van der Waals surface area contributed by atoms with Crippen LogP contribution in [0.1, 0.15) is 6.92 Å². The highest BCUT2D eigenvalue weighted by Crippen LogP contribution is 2.18. The van der Waals surface area contributed by atoms with E-state index in [1.807, 2.05) is 24.3 Å². The molecule has 17 heavy (non-hydrogen) atoms. The zero-order valence-electron chi connectivity index (χ0n) is 9.42. The van der Waals surface area contributed by atoms with E-state index in [2.05, 4.69) is 15.3 Å². The molecule has 0 aliphatic rings. The number of carboxylic acid groups (broad SMARTS) is 1. The Morgan fingerprint density at radius 2 is 2.18 bits per heavy atom. The summed E-state index contributed by atoms with van der Waals surface area (Å²) in [6.07, 6.45) is 1.47. The summed E-state index contributed by atoms with van der Waals surface area (Å²) in [6, 6.07) is 7.60. The summed E-state index contributed by atoms with van der Waals surface area (Å²) in [6.45, 7) is 2.00. The van der Waals surface area contributed by atoms with E-state index in [0.717, 1.165) is 10.9 Å². The van der Waals surface area contributed by atoms with Crippen molar-refractivity contribution in [1.82, 2.24) is 9.97 Å². The molecule has 1 heterocycles. The van der Waals surface area contributed by atoms with Crippen LogP contribution in [0.15, 0.2) is 30.6 Å². The molecule has 1 unspecified atom stereocenters. The Balaban J connectivity index is 2.21. The quantitative estimate of drug-likeness (QED) is 0.838. The molecule has 0 fully saturated rings. The summed E-state index contributed by atoms with van der Waals surface area (Å²) in [4.78, 5) is 19.0. The number of nitrogens with zero attached hydrogens (tertiary/aromatic N) is 2. The number of fused-ring (bicyclic) bond motifs is 1. The van der Waals surface area contributed by atoms with Gasteiger partial charge in [0.25, 0.3) is 0 Å². The molecule has 2 aromatic rings. The predicted octanol–water partition coefficient (Wildman–Crippen LogP) is 1.76. The van der Waals surface area contributed by atoms with Crippen LogP contribution in [0.5, 0.6) is 0 Å². The van der Waals surface area contributed by atoms with Gasteiger partial charge in [-0.2, -0.15) is 0 Å². The molecule has 0 aliphatic carbocycles. The lowest BCUT2D eigenvalue weighted by molar-refractivity contribution is -0.140. The Morgan fingerprint density at radius 1 is 1.41 bits per heavy atom. The molecular formula is C12H13N3O2. The van der Waals surface area contributed by atoms with Gasteiger partial charge in [0.15, 0.2) is 0 Å². The van der Waals surface area contributed by atoms with Crippen LogP contribution >= 0.6 is 0 Å². The molecule has 0 spiro atoms. The van der Waals surface area contributed by atoms with Gasteiger partial charge in [0, 0.05) is 11.9 Å². The van der Waals surface area contributed by atoms with Gasteiger partial charge in [-0.25, -0.2) is 9.97 Å². The lowest BCUT2D eigenvalue weighted by atomic mass is 10.2. The molecular weight excluding hydrogens is 218 g/mol. The van der Waals surface area contributed by atoms with Crippen molar-refractivity contribution in [3.8, 4) is 0 Å². The largest absolute Gasteiger partial charge is 0.481 e. The molecule has 1 aromatic heterocycles. The maximum absolute atomic E-state index is 10.7. The van der Waals surface area contributed by atoms with Crippen LogP contribution in [0, 0.1) is 5.92 Å². The first-order valence-corrected chi connectivity index (χ1v) is 5.35. The molecule has 0 amide bonds. The number of anilines is 1. The van der Waals surface area contributed by atoms with Crippen molar-refractivity contribution >= 4 is 22.7 Å². The molecule has 1 atom stereocenters. The Kier molecular flexibility index (Phi) is 3.18. The third-order valence-electron chi connectivity index (χ3n) is 2.54. The Labute approximate surface area is 98.5 Å². The van der Waals surface area contributed by atoms with E-state index >= 15 is 0 Å². The van der Waals surface area contributed by atoms with Crippen LogP contribution in [-0.2, 0) is 4.79 Å². The summed E-state index contributed by atoms with van der Waals surface area (Å²) in [5, 5.41) is 12.7. The lowest BCUT2D eigenvalue weighted by Gasteiger charge is -2.10. The van der Waals surface area contributed by atoms with Gasteiger partial charge in [0.05, 0.1) is 11.4 Å². The molecule has 88 valence electrons. The minimum Gasteiger partial charge on any atom is -0.481 e. The summed E-state index contributed by atoms with van der Waals surface area (Å²) in [5.74, 6) is -0.608. The van der Waals surface area contributed by atoms with Crippen LogP contribution in [0.2, 0.25) is 0 Å². The summed E-state index contributed by atoms with van der Waals surface area (Å²) in [5.41, 5.74) is 0.841. The fourth-order valence-electron chi connectivity index (χ4n) is 1.48. The van der Waals surface area contributed by atoms with Gasteiger partial charge in [0.2, 0.25) is 0 Å². The highest BCUT2D eigenvalue weighted by molar-refractivity contribution is 5.88. The van der Waals surface area contributed by atoms with Crippen molar-refractivity contribution in [1.29, 1.82) is 0 Å². The first-order valence-electron chi connectivity index (χ1n) is 5.35. The highest BCUT2D eigenvalue weighted by atomic mass is 16.4. The number of carboxylic acids is 1. The van der Waals surface area contributed by atoms with Gasteiger partial charge in [-0.15, -0.1) is 0 Å². The number of rotatable bonds is 4. The summed E-state index contributed by atoms with van der Waals surface area (Å²) >= 11 is 0. The SMILES string of the molecule is CC(CNc1ncnc2ccccc12)C(=O)O. The van der Waals surface area contributed by atoms with Crippen LogP contribution in [0.4, 0.5) is 5.82 Å². The monoisotopic (exact) mass is 231 g/mol. The van der Waals surface area contributed by atoms with E-state index < -0.39 is 11.9 Å². The lowest BCUT2D eigenvalue weighted by Crippen LogP contribution is -2.20. The smallest absolute Gasteiger partial charge is 0.308 e. The van der Waals surface area contributed by atoms with Gasteiger partial charge >= 0.3 is 5.97 Å². The summed E-state index contributed by atoms with van der Waals surface area (Å²) < 4.78 is 0. The van der Waals surface area contributed by atoms with Gasteiger partial charge in [0.1, 0.15) is 12.1 Å². The van der Waals surface area contributed by atoms with E-state index in [1.54, 1.807) is 6.92 Å². The Bertz CT molecular complexity index is 537. The second kappa shape index (κ2) is 4.78. The van der Waals surface area contributed by atoms with Crippen molar-refractivity contribution in [2.24, 2.45) is 5.92 Å². The average Bonchev–Trinajstić information content (AvgIpc) is 2.35.